The Hall–Kier alpha value is -2.40. The Labute approximate surface area is 139 Å². The van der Waals surface area contributed by atoms with Gasteiger partial charge in [0.15, 0.2) is 0 Å². The van der Waals surface area contributed by atoms with Crippen LogP contribution in [0.1, 0.15) is 41.6 Å². The van der Waals surface area contributed by atoms with Crippen molar-refractivity contribution in [1.82, 2.24) is 4.98 Å². The van der Waals surface area contributed by atoms with Crippen molar-refractivity contribution >= 4 is 35.0 Å². The molecule has 1 N–H and O–H groups in total. The van der Waals surface area contributed by atoms with Gasteiger partial charge >= 0.3 is 5.97 Å². The lowest BCUT2D eigenvalue weighted by atomic mass is 10.00. The van der Waals surface area contributed by atoms with E-state index in [4.69, 9.17) is 4.74 Å². The fraction of sp³-hybridized carbons (Fsp3) is 0.222. The first-order chi connectivity index (χ1) is 11.0. The highest BCUT2D eigenvalue weighted by atomic mass is 32.1. The van der Waals surface area contributed by atoms with Gasteiger partial charge in [-0.1, -0.05) is 44.2 Å². The van der Waals surface area contributed by atoms with Crippen molar-refractivity contribution < 1.29 is 14.6 Å². The van der Waals surface area contributed by atoms with Crippen LogP contribution in [0.5, 0.6) is 0 Å². The number of carboxylic acids is 1. The average molecular weight is 329 g/mol. The summed E-state index contributed by atoms with van der Waals surface area (Å²) in [7, 11) is 1.43. The number of benzene rings is 1. The maximum atomic E-state index is 11.4. The van der Waals surface area contributed by atoms with E-state index >= 15 is 0 Å². The van der Waals surface area contributed by atoms with E-state index in [0.29, 0.717) is 11.5 Å². The molecule has 1 aromatic heterocycles. The lowest BCUT2D eigenvalue weighted by Gasteiger charge is -2.06. The summed E-state index contributed by atoms with van der Waals surface area (Å²) in [5.41, 5.74) is 2.41. The highest BCUT2D eigenvalue weighted by Crippen LogP contribution is 2.23. The van der Waals surface area contributed by atoms with Gasteiger partial charge < -0.3 is 9.84 Å². The van der Waals surface area contributed by atoms with Crippen molar-refractivity contribution in [2.24, 2.45) is 0 Å². The standard InChI is InChI=1S/C18H19NO3S/c1-12(2)17-19-14(11-23-17)9-8-13-6-4-5-7-15(13)16(10-22-3)18(20)21/h4-12H,1-3H3,(H,20,21)/b9-8+,16-10-. The van der Waals surface area contributed by atoms with Gasteiger partial charge in [-0.25, -0.2) is 9.78 Å². The Kier molecular flexibility index (Phi) is 5.71. The molecular formula is C18H19NO3S. The van der Waals surface area contributed by atoms with Crippen molar-refractivity contribution in [2.75, 3.05) is 7.11 Å². The first kappa shape index (κ1) is 17.0. The molecule has 120 valence electrons. The number of ether oxygens (including phenoxy) is 1. The predicted octanol–water partition coefficient (Wildman–Crippen LogP) is 4.51. The van der Waals surface area contributed by atoms with Crippen molar-refractivity contribution in [3.63, 3.8) is 0 Å². The van der Waals surface area contributed by atoms with Gasteiger partial charge in [0.25, 0.3) is 0 Å². The molecule has 23 heavy (non-hydrogen) atoms. The van der Waals surface area contributed by atoms with Gasteiger partial charge in [-0.15, -0.1) is 11.3 Å². The van der Waals surface area contributed by atoms with Crippen LogP contribution in [0.4, 0.5) is 0 Å². The van der Waals surface area contributed by atoms with Gasteiger partial charge in [-0.3, -0.25) is 0 Å². The fourth-order valence-electron chi connectivity index (χ4n) is 2.05. The molecule has 0 aliphatic heterocycles. The summed E-state index contributed by atoms with van der Waals surface area (Å²) in [6.45, 7) is 4.21. The number of rotatable bonds is 6. The number of nitrogens with zero attached hydrogens (tertiary/aromatic N) is 1. The molecule has 0 aliphatic rings. The van der Waals surface area contributed by atoms with Crippen LogP contribution in [-0.4, -0.2) is 23.2 Å². The van der Waals surface area contributed by atoms with Gasteiger partial charge in [-0.2, -0.15) is 0 Å². The molecule has 4 nitrogen and oxygen atoms in total. The zero-order valence-corrected chi connectivity index (χ0v) is 14.1. The molecular weight excluding hydrogens is 310 g/mol. The molecule has 2 rings (SSSR count). The van der Waals surface area contributed by atoms with Gasteiger partial charge in [0.2, 0.25) is 0 Å². The fourth-order valence-corrected chi connectivity index (χ4v) is 2.86. The smallest absolute Gasteiger partial charge is 0.339 e. The highest BCUT2D eigenvalue weighted by Gasteiger charge is 2.13. The Morgan fingerprint density at radius 1 is 1.30 bits per heavy atom. The molecule has 1 heterocycles. The van der Waals surface area contributed by atoms with E-state index in [-0.39, 0.29) is 5.57 Å². The van der Waals surface area contributed by atoms with Gasteiger partial charge in [-0.05, 0) is 17.2 Å². The van der Waals surface area contributed by atoms with Crippen LogP contribution in [-0.2, 0) is 9.53 Å². The number of carbonyl (C=O) groups is 1. The lowest BCUT2D eigenvalue weighted by molar-refractivity contribution is -0.130. The van der Waals surface area contributed by atoms with E-state index in [1.165, 1.54) is 13.4 Å². The summed E-state index contributed by atoms with van der Waals surface area (Å²) in [5.74, 6) is -0.624. The van der Waals surface area contributed by atoms with E-state index in [9.17, 15) is 9.90 Å². The van der Waals surface area contributed by atoms with Crippen LogP contribution in [0.2, 0.25) is 0 Å². The average Bonchev–Trinajstić information content (AvgIpc) is 3.00. The largest absolute Gasteiger partial charge is 0.503 e. The number of hydrogen-bond acceptors (Lipinski definition) is 4. The number of aromatic nitrogens is 1. The second kappa shape index (κ2) is 7.74. The third kappa shape index (κ3) is 4.29. The van der Waals surface area contributed by atoms with Crippen LogP contribution in [0.3, 0.4) is 0 Å². The summed E-state index contributed by atoms with van der Waals surface area (Å²) >= 11 is 1.63. The molecule has 0 fully saturated rings. The molecule has 0 bridgehead atoms. The Balaban J connectivity index is 2.34. The molecule has 0 unspecified atom stereocenters. The maximum Gasteiger partial charge on any atom is 0.339 e. The highest BCUT2D eigenvalue weighted by molar-refractivity contribution is 7.09. The molecule has 0 spiro atoms. The molecule has 5 heteroatoms. The summed E-state index contributed by atoms with van der Waals surface area (Å²) in [6.07, 6.45) is 5.02. The second-order valence-corrected chi connectivity index (χ2v) is 6.15. The molecule has 0 aliphatic carbocycles. The number of thiazole rings is 1. The van der Waals surface area contributed by atoms with Crippen LogP contribution in [0.25, 0.3) is 17.7 Å². The number of hydrogen-bond donors (Lipinski definition) is 1. The third-order valence-electron chi connectivity index (χ3n) is 3.18. The minimum absolute atomic E-state index is 0.119. The van der Waals surface area contributed by atoms with E-state index in [1.807, 2.05) is 29.7 Å². The van der Waals surface area contributed by atoms with Gasteiger partial charge in [0.1, 0.15) is 5.57 Å². The lowest BCUT2D eigenvalue weighted by Crippen LogP contribution is -2.02. The molecule has 2 aromatic rings. The first-order valence-corrected chi connectivity index (χ1v) is 8.10. The topological polar surface area (TPSA) is 59.4 Å². The van der Waals surface area contributed by atoms with Crippen molar-refractivity contribution in [2.45, 2.75) is 19.8 Å². The Bertz CT molecular complexity index is 744. The first-order valence-electron chi connectivity index (χ1n) is 7.22. The van der Waals surface area contributed by atoms with E-state index in [0.717, 1.165) is 16.3 Å². The van der Waals surface area contributed by atoms with Gasteiger partial charge in [0, 0.05) is 11.3 Å². The van der Waals surface area contributed by atoms with Crippen LogP contribution in [0, 0.1) is 0 Å². The van der Waals surface area contributed by atoms with Crippen LogP contribution >= 0.6 is 11.3 Å². The molecule has 1 aromatic carbocycles. The maximum absolute atomic E-state index is 11.4. The molecule has 0 saturated carbocycles. The Morgan fingerprint density at radius 3 is 2.65 bits per heavy atom. The zero-order valence-electron chi connectivity index (χ0n) is 13.3. The molecule has 0 amide bonds. The molecule has 0 radical (unpaired) electrons. The van der Waals surface area contributed by atoms with Crippen molar-refractivity contribution in [3.8, 4) is 0 Å². The predicted molar refractivity (Wildman–Crippen MR) is 94.2 cm³/mol. The third-order valence-corrected chi connectivity index (χ3v) is 4.35. The van der Waals surface area contributed by atoms with E-state index in [1.54, 1.807) is 23.5 Å². The summed E-state index contributed by atoms with van der Waals surface area (Å²) in [6, 6.07) is 7.31. The van der Waals surface area contributed by atoms with Gasteiger partial charge in [0.05, 0.1) is 24.1 Å². The number of methoxy groups -OCH3 is 1. The van der Waals surface area contributed by atoms with Crippen molar-refractivity contribution in [3.05, 3.63) is 57.7 Å². The number of aliphatic carboxylic acids is 1. The Morgan fingerprint density at radius 2 is 2.04 bits per heavy atom. The zero-order chi connectivity index (χ0) is 16.8. The molecule has 0 atom stereocenters. The van der Waals surface area contributed by atoms with E-state index in [2.05, 4.69) is 18.8 Å². The van der Waals surface area contributed by atoms with E-state index < -0.39 is 5.97 Å². The van der Waals surface area contributed by atoms with Crippen LogP contribution in [0.15, 0.2) is 35.9 Å². The summed E-state index contributed by atoms with van der Waals surface area (Å²) < 4.78 is 4.89. The SMILES string of the molecule is CO/C=C(\C(=O)O)c1ccccc1/C=C/c1csc(C(C)C)n1. The normalized spacial score (nSPS) is 12.1. The van der Waals surface area contributed by atoms with Crippen LogP contribution < -0.4 is 0 Å². The monoisotopic (exact) mass is 329 g/mol. The summed E-state index contributed by atoms with van der Waals surface area (Å²) in [5, 5.41) is 12.4. The molecule has 0 saturated heterocycles. The van der Waals surface area contributed by atoms with Crippen molar-refractivity contribution in [1.29, 1.82) is 0 Å². The minimum Gasteiger partial charge on any atom is -0.503 e. The quantitative estimate of drug-likeness (QED) is 0.626. The minimum atomic E-state index is -1.02. The number of carboxylic acid groups (broad SMARTS) is 1. The summed E-state index contributed by atoms with van der Waals surface area (Å²) in [4.78, 5) is 16.0. The second-order valence-electron chi connectivity index (χ2n) is 5.26.